The van der Waals surface area contributed by atoms with Crippen LogP contribution in [0.25, 0.3) is 0 Å². The molecule has 0 bridgehead atoms. The van der Waals surface area contributed by atoms with E-state index < -0.39 is 0 Å². The van der Waals surface area contributed by atoms with Crippen LogP contribution in [0.5, 0.6) is 5.75 Å². The third kappa shape index (κ3) is 4.59. The van der Waals surface area contributed by atoms with Crippen LogP contribution in [-0.2, 0) is 11.2 Å². The molecule has 4 heteroatoms. The second kappa shape index (κ2) is 7.10. The predicted octanol–water partition coefficient (Wildman–Crippen LogP) is 1.79. The summed E-state index contributed by atoms with van der Waals surface area (Å²) in [6.07, 6.45) is 5.46. The molecule has 0 saturated carbocycles. The molecule has 0 fully saturated rings. The van der Waals surface area contributed by atoms with E-state index in [1.807, 2.05) is 18.2 Å². The Bertz CT molecular complexity index is 438. The van der Waals surface area contributed by atoms with Crippen molar-refractivity contribution in [1.29, 1.82) is 0 Å². The van der Waals surface area contributed by atoms with Gasteiger partial charge in [-0.05, 0) is 33.6 Å². The minimum atomic E-state index is 0.109. The molecule has 0 aliphatic carbocycles. The number of ketones is 1. The summed E-state index contributed by atoms with van der Waals surface area (Å²) in [4.78, 5) is 11.6. The largest absolute Gasteiger partial charge is 0.496 e. The number of carbonyl (C=O) groups is 1. The lowest BCUT2D eigenvalue weighted by molar-refractivity contribution is -0.117. The highest BCUT2D eigenvalue weighted by molar-refractivity contribution is 9.10. The van der Waals surface area contributed by atoms with Gasteiger partial charge in [0.25, 0.3) is 0 Å². The number of rotatable bonds is 6. The zero-order valence-electron chi connectivity index (χ0n) is 9.63. The number of ether oxygens (including phenoxy) is 1. The first-order valence-corrected chi connectivity index (χ1v) is 5.95. The lowest BCUT2D eigenvalue weighted by atomic mass is 10.1. The molecule has 1 aromatic carbocycles. The molecule has 0 unspecified atom stereocenters. The first-order chi connectivity index (χ1) is 8.17. The van der Waals surface area contributed by atoms with E-state index in [2.05, 4.69) is 27.2 Å². The Kier molecular flexibility index (Phi) is 5.75. The fraction of sp³-hybridized carbons (Fsp3) is 0.308. The third-order valence-corrected chi connectivity index (χ3v) is 2.79. The van der Waals surface area contributed by atoms with Crippen LogP contribution in [0.4, 0.5) is 0 Å². The number of carbonyl (C=O) groups excluding carboxylic acids is 1. The molecule has 1 N–H and O–H groups in total. The van der Waals surface area contributed by atoms with Crippen molar-refractivity contribution in [3.63, 3.8) is 0 Å². The summed E-state index contributed by atoms with van der Waals surface area (Å²) in [6.45, 7) is 0.714. The molecular weight excluding hydrogens is 282 g/mol. The molecule has 0 radical (unpaired) electrons. The fourth-order valence-electron chi connectivity index (χ4n) is 1.38. The molecule has 0 saturated heterocycles. The Balaban J connectivity index is 2.54. The topological polar surface area (TPSA) is 38.3 Å². The molecule has 1 rings (SSSR count). The average molecular weight is 296 g/mol. The molecule has 0 aliphatic rings. The number of nitrogens with one attached hydrogen (secondary N) is 1. The summed E-state index contributed by atoms with van der Waals surface area (Å²) in [7, 11) is 1.61. The van der Waals surface area contributed by atoms with Crippen LogP contribution in [0.3, 0.4) is 0 Å². The summed E-state index contributed by atoms with van der Waals surface area (Å²) in [6, 6.07) is 5.60. The zero-order valence-corrected chi connectivity index (χ0v) is 11.2. The quantitative estimate of drug-likeness (QED) is 0.642. The molecule has 90 valence electrons. The van der Waals surface area contributed by atoms with Crippen LogP contribution < -0.4 is 10.1 Å². The molecule has 0 amide bonds. The van der Waals surface area contributed by atoms with E-state index in [1.165, 1.54) is 0 Å². The van der Waals surface area contributed by atoms with Crippen molar-refractivity contribution in [2.45, 2.75) is 6.42 Å². The normalized spacial score (nSPS) is 9.71. The average Bonchev–Trinajstić information content (AvgIpc) is 2.29. The highest BCUT2D eigenvalue weighted by Gasteiger charge is 2.06. The molecular formula is C13H14BrNO2. The molecule has 0 atom stereocenters. The number of hydrogen-bond acceptors (Lipinski definition) is 3. The van der Waals surface area contributed by atoms with Crippen molar-refractivity contribution in [1.82, 2.24) is 5.32 Å². The van der Waals surface area contributed by atoms with Gasteiger partial charge in [0.05, 0.1) is 24.7 Å². The van der Waals surface area contributed by atoms with Crippen molar-refractivity contribution in [2.24, 2.45) is 0 Å². The van der Waals surface area contributed by atoms with Gasteiger partial charge in [0.2, 0.25) is 0 Å². The van der Waals surface area contributed by atoms with Gasteiger partial charge < -0.3 is 4.74 Å². The summed E-state index contributed by atoms with van der Waals surface area (Å²) in [5.41, 5.74) is 0.949. The first-order valence-electron chi connectivity index (χ1n) is 5.15. The maximum Gasteiger partial charge on any atom is 0.150 e. The number of methoxy groups -OCH3 is 1. The predicted molar refractivity (Wildman–Crippen MR) is 71.1 cm³/mol. The van der Waals surface area contributed by atoms with Gasteiger partial charge in [-0.3, -0.25) is 10.1 Å². The lowest BCUT2D eigenvalue weighted by Gasteiger charge is -2.06. The molecule has 17 heavy (non-hydrogen) atoms. The SMILES string of the molecule is C#CCNCC(=O)Cc1ccc(OC)c(Br)c1. The summed E-state index contributed by atoms with van der Waals surface area (Å²) in [5.74, 6) is 3.29. The van der Waals surface area contributed by atoms with Gasteiger partial charge in [-0.15, -0.1) is 6.42 Å². The third-order valence-electron chi connectivity index (χ3n) is 2.17. The number of Topliss-reactive ketones (excluding diaryl/α,β-unsaturated/α-hetero) is 1. The number of halogens is 1. The van der Waals surface area contributed by atoms with Gasteiger partial charge in [0.15, 0.2) is 5.78 Å². The van der Waals surface area contributed by atoms with E-state index in [1.54, 1.807) is 7.11 Å². The maximum atomic E-state index is 11.6. The first kappa shape index (κ1) is 13.8. The van der Waals surface area contributed by atoms with Crippen molar-refractivity contribution >= 4 is 21.7 Å². The zero-order chi connectivity index (χ0) is 12.7. The molecule has 3 nitrogen and oxygen atoms in total. The van der Waals surface area contributed by atoms with Gasteiger partial charge >= 0.3 is 0 Å². The van der Waals surface area contributed by atoms with Crippen LogP contribution in [0, 0.1) is 12.3 Å². The Labute approximate surface area is 110 Å². The molecule has 0 aromatic heterocycles. The van der Waals surface area contributed by atoms with E-state index >= 15 is 0 Å². The van der Waals surface area contributed by atoms with Gasteiger partial charge in [0.1, 0.15) is 5.75 Å². The second-order valence-corrected chi connectivity index (χ2v) is 4.35. The molecule has 1 aromatic rings. The van der Waals surface area contributed by atoms with Crippen molar-refractivity contribution in [2.75, 3.05) is 20.2 Å². The van der Waals surface area contributed by atoms with Crippen molar-refractivity contribution in [3.8, 4) is 18.1 Å². The van der Waals surface area contributed by atoms with Gasteiger partial charge in [-0.1, -0.05) is 12.0 Å². The van der Waals surface area contributed by atoms with Gasteiger partial charge in [-0.2, -0.15) is 0 Å². The minimum absolute atomic E-state index is 0.109. The van der Waals surface area contributed by atoms with Crippen LogP contribution >= 0.6 is 15.9 Å². The summed E-state index contributed by atoms with van der Waals surface area (Å²) in [5, 5.41) is 2.87. The van der Waals surface area contributed by atoms with Crippen LogP contribution in [0.1, 0.15) is 5.56 Å². The van der Waals surface area contributed by atoms with Crippen molar-refractivity contribution in [3.05, 3.63) is 28.2 Å². The molecule has 0 heterocycles. The number of benzene rings is 1. The Morgan fingerprint density at radius 2 is 2.35 bits per heavy atom. The van der Waals surface area contributed by atoms with E-state index in [0.29, 0.717) is 19.5 Å². The van der Waals surface area contributed by atoms with E-state index in [9.17, 15) is 4.79 Å². The Hall–Kier alpha value is -1.31. The number of terminal acetylenes is 1. The van der Waals surface area contributed by atoms with Gasteiger partial charge in [0, 0.05) is 6.42 Å². The van der Waals surface area contributed by atoms with Crippen LogP contribution in [-0.4, -0.2) is 26.0 Å². The highest BCUT2D eigenvalue weighted by Crippen LogP contribution is 2.25. The van der Waals surface area contributed by atoms with E-state index in [-0.39, 0.29) is 5.78 Å². The Morgan fingerprint density at radius 3 is 2.94 bits per heavy atom. The summed E-state index contributed by atoms with van der Waals surface area (Å²) < 4.78 is 5.97. The van der Waals surface area contributed by atoms with Crippen molar-refractivity contribution < 1.29 is 9.53 Å². The monoisotopic (exact) mass is 295 g/mol. The highest BCUT2D eigenvalue weighted by atomic mass is 79.9. The molecule has 0 spiro atoms. The van der Waals surface area contributed by atoms with E-state index in [4.69, 9.17) is 11.2 Å². The van der Waals surface area contributed by atoms with Crippen LogP contribution in [0.15, 0.2) is 22.7 Å². The maximum absolute atomic E-state index is 11.6. The summed E-state index contributed by atoms with van der Waals surface area (Å²) >= 11 is 3.38. The number of hydrogen-bond donors (Lipinski definition) is 1. The lowest BCUT2D eigenvalue weighted by Crippen LogP contribution is -2.24. The smallest absolute Gasteiger partial charge is 0.150 e. The van der Waals surface area contributed by atoms with Gasteiger partial charge in [-0.25, -0.2) is 0 Å². The Morgan fingerprint density at radius 1 is 1.59 bits per heavy atom. The fourth-order valence-corrected chi connectivity index (χ4v) is 1.97. The van der Waals surface area contributed by atoms with Crippen LogP contribution in [0.2, 0.25) is 0 Å². The standard InChI is InChI=1S/C13H14BrNO2/c1-3-6-15-9-11(16)7-10-4-5-13(17-2)12(14)8-10/h1,4-5,8,15H,6-7,9H2,2H3. The molecule has 0 aliphatic heterocycles. The minimum Gasteiger partial charge on any atom is -0.496 e. The second-order valence-electron chi connectivity index (χ2n) is 3.49. The van der Waals surface area contributed by atoms with E-state index in [0.717, 1.165) is 15.8 Å².